The lowest BCUT2D eigenvalue weighted by Gasteiger charge is -2.26. The second-order valence-electron chi connectivity index (χ2n) is 5.87. The van der Waals surface area contributed by atoms with E-state index in [1.807, 2.05) is 24.3 Å². The third-order valence-corrected chi connectivity index (χ3v) is 4.72. The van der Waals surface area contributed by atoms with Gasteiger partial charge in [-0.05, 0) is 25.0 Å². The van der Waals surface area contributed by atoms with E-state index in [2.05, 4.69) is 20.5 Å². The van der Waals surface area contributed by atoms with Gasteiger partial charge in [-0.15, -0.1) is 5.10 Å². The van der Waals surface area contributed by atoms with Crippen molar-refractivity contribution >= 4 is 17.7 Å². The Labute approximate surface area is 143 Å². The number of nitrogens with zero attached hydrogens (tertiary/aromatic N) is 2. The number of thioether (sulfide) groups is 1. The van der Waals surface area contributed by atoms with E-state index in [-0.39, 0.29) is 17.8 Å². The molecule has 4 rings (SSSR count). The van der Waals surface area contributed by atoms with Crippen LogP contribution in [0, 0.1) is 0 Å². The molecule has 7 nitrogen and oxygen atoms in total. The average Bonchev–Trinajstić information content (AvgIpc) is 3.36. The van der Waals surface area contributed by atoms with Gasteiger partial charge in [0.25, 0.3) is 0 Å². The Morgan fingerprint density at radius 3 is 3.00 bits per heavy atom. The fourth-order valence-electron chi connectivity index (χ4n) is 2.43. The first-order valence-corrected chi connectivity index (χ1v) is 8.97. The molecule has 1 aromatic carbocycles. The van der Waals surface area contributed by atoms with Gasteiger partial charge in [-0.1, -0.05) is 23.9 Å². The van der Waals surface area contributed by atoms with Gasteiger partial charge in [0.1, 0.15) is 18.5 Å². The predicted octanol–water partition coefficient (Wildman–Crippen LogP) is 1.73. The second kappa shape index (κ2) is 6.72. The van der Waals surface area contributed by atoms with Crippen molar-refractivity contribution in [1.82, 2.24) is 20.5 Å². The molecule has 1 aliphatic carbocycles. The highest BCUT2D eigenvalue weighted by atomic mass is 32.2. The first kappa shape index (κ1) is 15.3. The van der Waals surface area contributed by atoms with Gasteiger partial charge in [-0.25, -0.2) is 4.98 Å². The van der Waals surface area contributed by atoms with Gasteiger partial charge in [-0.3, -0.25) is 9.89 Å². The third kappa shape index (κ3) is 3.64. The van der Waals surface area contributed by atoms with E-state index in [1.54, 1.807) is 0 Å². The summed E-state index contributed by atoms with van der Waals surface area (Å²) in [6, 6.07) is 7.53. The number of aromatic amines is 1. The summed E-state index contributed by atoms with van der Waals surface area (Å²) in [6.07, 6.45) is 2.16. The zero-order valence-corrected chi connectivity index (χ0v) is 13.8. The fourth-order valence-corrected chi connectivity index (χ4v) is 3.07. The van der Waals surface area contributed by atoms with Gasteiger partial charge in [0, 0.05) is 5.92 Å². The molecule has 1 fully saturated rings. The minimum absolute atomic E-state index is 0.0692. The van der Waals surface area contributed by atoms with Crippen LogP contribution in [0.2, 0.25) is 0 Å². The molecular weight excluding hydrogens is 328 g/mol. The number of nitrogens with one attached hydrogen (secondary N) is 2. The first-order chi connectivity index (χ1) is 11.8. The Balaban J connectivity index is 1.20. The number of aromatic nitrogens is 3. The Hall–Kier alpha value is -2.22. The number of para-hydroxylation sites is 2. The van der Waals surface area contributed by atoms with Crippen molar-refractivity contribution in [2.24, 2.45) is 0 Å². The maximum atomic E-state index is 12.0. The largest absolute Gasteiger partial charge is 0.486 e. The number of carbonyl (C=O) groups is 1. The molecule has 8 heteroatoms. The van der Waals surface area contributed by atoms with Crippen LogP contribution in [0.5, 0.6) is 11.5 Å². The molecule has 1 atom stereocenters. The monoisotopic (exact) mass is 346 g/mol. The molecule has 2 aromatic rings. The number of fused-ring (bicyclic) bond motifs is 1. The van der Waals surface area contributed by atoms with Gasteiger partial charge < -0.3 is 14.8 Å². The molecule has 2 heterocycles. The lowest BCUT2D eigenvalue weighted by Crippen LogP contribution is -2.41. The first-order valence-electron chi connectivity index (χ1n) is 7.98. The highest BCUT2D eigenvalue weighted by Crippen LogP contribution is 2.38. The van der Waals surface area contributed by atoms with Crippen molar-refractivity contribution in [3.05, 3.63) is 30.1 Å². The highest BCUT2D eigenvalue weighted by molar-refractivity contribution is 7.99. The number of ether oxygens (including phenoxy) is 2. The minimum atomic E-state index is -0.182. The molecule has 1 saturated carbocycles. The van der Waals surface area contributed by atoms with E-state index < -0.39 is 0 Å². The summed E-state index contributed by atoms with van der Waals surface area (Å²) in [5, 5.41) is 10.5. The van der Waals surface area contributed by atoms with E-state index in [9.17, 15) is 4.79 Å². The zero-order valence-electron chi connectivity index (χ0n) is 13.0. The van der Waals surface area contributed by atoms with Gasteiger partial charge in [0.2, 0.25) is 11.1 Å². The Morgan fingerprint density at radius 1 is 1.33 bits per heavy atom. The molecular formula is C16H18N4O3S. The van der Waals surface area contributed by atoms with Crippen LogP contribution in [0.3, 0.4) is 0 Å². The molecule has 2 N–H and O–H groups in total. The summed E-state index contributed by atoms with van der Waals surface area (Å²) < 4.78 is 11.4. The zero-order chi connectivity index (χ0) is 16.4. The summed E-state index contributed by atoms with van der Waals surface area (Å²) in [6.45, 7) is 0.838. The highest BCUT2D eigenvalue weighted by Gasteiger charge is 2.27. The van der Waals surface area contributed by atoms with Crippen LogP contribution in [-0.4, -0.2) is 46.1 Å². The summed E-state index contributed by atoms with van der Waals surface area (Å²) in [4.78, 5) is 16.4. The maximum absolute atomic E-state index is 12.0. The van der Waals surface area contributed by atoms with Crippen LogP contribution in [0.25, 0.3) is 0 Å². The molecule has 24 heavy (non-hydrogen) atoms. The second-order valence-corrected chi connectivity index (χ2v) is 6.81. The van der Waals surface area contributed by atoms with Crippen LogP contribution in [0.4, 0.5) is 0 Å². The average molecular weight is 346 g/mol. The van der Waals surface area contributed by atoms with Crippen LogP contribution < -0.4 is 14.8 Å². The number of hydrogen-bond acceptors (Lipinski definition) is 6. The predicted molar refractivity (Wildman–Crippen MR) is 88.4 cm³/mol. The topological polar surface area (TPSA) is 89.1 Å². The molecule has 0 saturated heterocycles. The van der Waals surface area contributed by atoms with Crippen molar-refractivity contribution in [3.8, 4) is 11.5 Å². The van der Waals surface area contributed by atoms with Crippen molar-refractivity contribution in [1.29, 1.82) is 0 Å². The van der Waals surface area contributed by atoms with Crippen LogP contribution in [0.15, 0.2) is 29.4 Å². The van der Waals surface area contributed by atoms with Gasteiger partial charge >= 0.3 is 0 Å². The maximum Gasteiger partial charge on any atom is 0.230 e. The van der Waals surface area contributed by atoms with Gasteiger partial charge in [0.05, 0.1) is 12.3 Å². The fraction of sp³-hybridized carbons (Fsp3) is 0.438. The lowest BCUT2D eigenvalue weighted by molar-refractivity contribution is -0.119. The van der Waals surface area contributed by atoms with Crippen molar-refractivity contribution in [3.63, 3.8) is 0 Å². The number of amides is 1. The quantitative estimate of drug-likeness (QED) is 0.775. The smallest absolute Gasteiger partial charge is 0.230 e. The minimum Gasteiger partial charge on any atom is -0.486 e. The van der Waals surface area contributed by atoms with Crippen molar-refractivity contribution in [2.45, 2.75) is 30.0 Å². The molecule has 1 unspecified atom stereocenters. The van der Waals surface area contributed by atoms with E-state index in [0.717, 1.165) is 11.6 Å². The molecule has 1 aliphatic heterocycles. The van der Waals surface area contributed by atoms with E-state index in [0.29, 0.717) is 30.0 Å². The summed E-state index contributed by atoms with van der Waals surface area (Å²) >= 11 is 1.33. The van der Waals surface area contributed by atoms with Crippen LogP contribution in [-0.2, 0) is 4.79 Å². The third-order valence-electron chi connectivity index (χ3n) is 3.87. The molecule has 0 radical (unpaired) electrons. The van der Waals surface area contributed by atoms with Crippen LogP contribution in [0.1, 0.15) is 24.6 Å². The molecule has 0 bridgehead atoms. The molecule has 0 spiro atoms. The lowest BCUT2D eigenvalue weighted by atomic mass is 10.2. The Bertz CT molecular complexity index is 732. The van der Waals surface area contributed by atoms with E-state index in [1.165, 1.54) is 24.6 Å². The number of benzene rings is 1. The normalized spacial score (nSPS) is 19.1. The Kier molecular flexibility index (Phi) is 4.29. The standard InChI is InChI=1S/C16H18N4O3S/c21-14(9-24-16-18-15(19-20-16)10-5-6-10)17-7-11-8-22-12-3-1-2-4-13(12)23-11/h1-4,10-11H,5-9H2,(H,17,21)(H,18,19,20). The van der Waals surface area contributed by atoms with Gasteiger partial charge in [-0.2, -0.15) is 0 Å². The molecule has 2 aliphatic rings. The SMILES string of the molecule is O=C(CSc1n[nH]c(C2CC2)n1)NCC1COc2ccccc2O1. The number of H-pyrrole nitrogens is 1. The summed E-state index contributed by atoms with van der Waals surface area (Å²) in [5.74, 6) is 3.14. The molecule has 1 amide bonds. The van der Waals surface area contributed by atoms with Crippen LogP contribution >= 0.6 is 11.8 Å². The molecule has 1 aromatic heterocycles. The Morgan fingerprint density at radius 2 is 2.17 bits per heavy atom. The summed E-state index contributed by atoms with van der Waals surface area (Å²) in [7, 11) is 0. The number of rotatable bonds is 6. The number of hydrogen-bond donors (Lipinski definition) is 2. The van der Waals surface area contributed by atoms with Crippen molar-refractivity contribution in [2.75, 3.05) is 18.9 Å². The molecule has 126 valence electrons. The number of carbonyl (C=O) groups excluding carboxylic acids is 1. The van der Waals surface area contributed by atoms with Gasteiger partial charge in [0.15, 0.2) is 11.5 Å². The summed E-state index contributed by atoms with van der Waals surface area (Å²) in [5.41, 5.74) is 0. The van der Waals surface area contributed by atoms with Crippen molar-refractivity contribution < 1.29 is 14.3 Å². The van der Waals surface area contributed by atoms with E-state index in [4.69, 9.17) is 9.47 Å². The van der Waals surface area contributed by atoms with E-state index >= 15 is 0 Å².